The zero-order valence-electron chi connectivity index (χ0n) is 25.9. The van der Waals surface area contributed by atoms with Gasteiger partial charge in [-0.1, -0.05) is 61.7 Å². The second-order valence-electron chi connectivity index (χ2n) is 12.2. The van der Waals surface area contributed by atoms with Crippen LogP contribution in [0.25, 0.3) is 0 Å². The van der Waals surface area contributed by atoms with Gasteiger partial charge >= 0.3 is 11.9 Å². The summed E-state index contributed by atoms with van der Waals surface area (Å²) in [4.78, 5) is 40.9. The van der Waals surface area contributed by atoms with Gasteiger partial charge in [0.05, 0.1) is 34.7 Å². The van der Waals surface area contributed by atoms with Crippen molar-refractivity contribution in [3.8, 4) is 0 Å². The molecular formula is C34H43N3O6. The first-order chi connectivity index (χ1) is 20.5. The molecule has 1 heterocycles. The Labute approximate surface area is 254 Å². The van der Waals surface area contributed by atoms with Crippen LogP contribution in [0.4, 0.5) is 5.69 Å². The number of nitro benzene ring substituents is 1. The van der Waals surface area contributed by atoms with E-state index in [1.807, 2.05) is 18.2 Å². The molecule has 1 atom stereocenters. The number of nitro groups is 1. The van der Waals surface area contributed by atoms with E-state index in [0.29, 0.717) is 17.0 Å². The highest BCUT2D eigenvalue weighted by atomic mass is 16.6. The fraction of sp³-hybridized carbons (Fsp3) is 0.471. The number of nitrogens with one attached hydrogen (secondary N) is 1. The summed E-state index contributed by atoms with van der Waals surface area (Å²) in [5.74, 6) is -2.01. The summed E-state index contributed by atoms with van der Waals surface area (Å²) in [5, 5.41) is 14.8. The fourth-order valence-electron chi connectivity index (χ4n) is 6.43. The van der Waals surface area contributed by atoms with Crippen molar-refractivity contribution < 1.29 is 24.0 Å². The number of ether oxygens (including phenoxy) is 2. The molecule has 0 aromatic heterocycles. The number of carbonyl (C=O) groups is 2. The number of nitrogens with zero attached hydrogens (tertiary/aromatic N) is 2. The summed E-state index contributed by atoms with van der Waals surface area (Å²) in [7, 11) is 2.10. The molecule has 9 heteroatoms. The minimum atomic E-state index is -0.886. The SMILES string of the molecule is CC1=C(C(=O)OCC2(CN(C)Cc3ccccc3)CCCCC2)C(c2cccc([N+](=O)[O-])c2)C(C(=O)OC(C)C)=C(C)N1. The van der Waals surface area contributed by atoms with Crippen LogP contribution in [0.15, 0.2) is 77.1 Å². The molecule has 0 spiro atoms. The third-order valence-electron chi connectivity index (χ3n) is 8.28. The lowest BCUT2D eigenvalue weighted by atomic mass is 9.74. The first-order valence-corrected chi connectivity index (χ1v) is 15.0. The first kappa shape index (κ1) is 31.9. The predicted molar refractivity (Wildman–Crippen MR) is 165 cm³/mol. The molecule has 1 aliphatic heterocycles. The molecule has 43 heavy (non-hydrogen) atoms. The molecule has 1 aliphatic carbocycles. The van der Waals surface area contributed by atoms with Gasteiger partial charge in [-0.3, -0.25) is 10.1 Å². The molecule has 0 bridgehead atoms. The topological polar surface area (TPSA) is 111 Å². The molecule has 1 N–H and O–H groups in total. The van der Waals surface area contributed by atoms with Gasteiger partial charge < -0.3 is 19.7 Å². The second-order valence-corrected chi connectivity index (χ2v) is 12.2. The van der Waals surface area contributed by atoms with Crippen LogP contribution in [0.3, 0.4) is 0 Å². The van der Waals surface area contributed by atoms with Crippen molar-refractivity contribution in [2.75, 3.05) is 20.2 Å². The van der Waals surface area contributed by atoms with E-state index in [4.69, 9.17) is 9.47 Å². The quantitative estimate of drug-likeness (QED) is 0.182. The summed E-state index contributed by atoms with van der Waals surface area (Å²) < 4.78 is 11.7. The molecule has 0 amide bonds. The Kier molecular flexibility index (Phi) is 10.4. The number of carbonyl (C=O) groups excluding carboxylic acids is 2. The summed E-state index contributed by atoms with van der Waals surface area (Å²) in [6, 6.07) is 16.4. The number of rotatable bonds is 11. The highest BCUT2D eigenvalue weighted by molar-refractivity contribution is 6.00. The van der Waals surface area contributed by atoms with Crippen LogP contribution in [0.1, 0.15) is 76.8 Å². The largest absolute Gasteiger partial charge is 0.462 e. The average molecular weight is 590 g/mol. The van der Waals surface area contributed by atoms with Crippen molar-refractivity contribution in [1.82, 2.24) is 10.2 Å². The van der Waals surface area contributed by atoms with Crippen molar-refractivity contribution in [2.24, 2.45) is 5.41 Å². The van der Waals surface area contributed by atoms with Crippen LogP contribution in [0.5, 0.6) is 0 Å². The molecule has 1 unspecified atom stereocenters. The summed E-state index contributed by atoms with van der Waals surface area (Å²) in [6.45, 7) is 8.83. The smallest absolute Gasteiger partial charge is 0.337 e. The van der Waals surface area contributed by atoms with Gasteiger partial charge in [0.15, 0.2) is 0 Å². The molecule has 0 saturated heterocycles. The molecule has 230 valence electrons. The van der Waals surface area contributed by atoms with Gasteiger partial charge in [-0.05, 0) is 58.7 Å². The van der Waals surface area contributed by atoms with E-state index < -0.39 is 22.8 Å². The number of non-ortho nitro benzene ring substituents is 1. The molecule has 4 rings (SSSR count). The maximum Gasteiger partial charge on any atom is 0.337 e. The van der Waals surface area contributed by atoms with Gasteiger partial charge in [0.2, 0.25) is 0 Å². The number of allylic oxidation sites excluding steroid dienone is 2. The summed E-state index contributed by atoms with van der Waals surface area (Å²) in [5.41, 5.74) is 2.92. The molecule has 0 radical (unpaired) electrons. The van der Waals surface area contributed by atoms with Crippen LogP contribution in [-0.4, -0.2) is 48.1 Å². The van der Waals surface area contributed by atoms with Gasteiger partial charge in [0, 0.05) is 42.0 Å². The van der Waals surface area contributed by atoms with E-state index >= 15 is 0 Å². The van der Waals surface area contributed by atoms with Gasteiger partial charge in [-0.25, -0.2) is 9.59 Å². The van der Waals surface area contributed by atoms with Gasteiger partial charge in [0.1, 0.15) is 0 Å². The van der Waals surface area contributed by atoms with Crippen LogP contribution in [0.2, 0.25) is 0 Å². The number of esters is 2. The van der Waals surface area contributed by atoms with Gasteiger partial charge in [0.25, 0.3) is 5.69 Å². The number of benzene rings is 2. The van der Waals surface area contributed by atoms with Crippen molar-refractivity contribution in [1.29, 1.82) is 0 Å². The Morgan fingerprint density at radius 3 is 2.28 bits per heavy atom. The maximum atomic E-state index is 14.0. The minimum absolute atomic E-state index is 0.127. The molecule has 9 nitrogen and oxygen atoms in total. The van der Waals surface area contributed by atoms with E-state index in [2.05, 4.69) is 29.4 Å². The van der Waals surface area contributed by atoms with Crippen molar-refractivity contribution >= 4 is 17.6 Å². The standard InChI is InChI=1S/C34H43N3O6/c1-23(2)43-33(39)30-25(4)35-24(3)29(31(30)27-15-12-16-28(19-27)37(40)41)32(38)42-22-34(17-10-7-11-18-34)21-36(5)20-26-13-8-6-9-14-26/h6,8-9,12-16,19,23,31,35H,7,10-11,17-18,20-22H2,1-5H3. The highest BCUT2D eigenvalue weighted by Gasteiger charge is 2.40. The molecule has 1 saturated carbocycles. The third kappa shape index (κ3) is 7.90. The lowest BCUT2D eigenvalue weighted by molar-refractivity contribution is -0.384. The summed E-state index contributed by atoms with van der Waals surface area (Å²) >= 11 is 0. The predicted octanol–water partition coefficient (Wildman–Crippen LogP) is 6.41. The Hall–Kier alpha value is -3.98. The van der Waals surface area contributed by atoms with Crippen LogP contribution >= 0.6 is 0 Å². The van der Waals surface area contributed by atoms with E-state index in [1.165, 1.54) is 17.7 Å². The van der Waals surface area contributed by atoms with Gasteiger partial charge in [-0.15, -0.1) is 0 Å². The van der Waals surface area contributed by atoms with Crippen molar-refractivity contribution in [3.63, 3.8) is 0 Å². The lowest BCUT2D eigenvalue weighted by Crippen LogP contribution is -2.41. The molecule has 2 aliphatic rings. The zero-order valence-corrected chi connectivity index (χ0v) is 25.9. The highest BCUT2D eigenvalue weighted by Crippen LogP contribution is 2.42. The van der Waals surface area contributed by atoms with E-state index in [1.54, 1.807) is 39.8 Å². The number of hydrogen-bond donors (Lipinski definition) is 1. The molecule has 2 aromatic rings. The van der Waals surface area contributed by atoms with E-state index in [0.717, 1.165) is 45.2 Å². The van der Waals surface area contributed by atoms with E-state index in [-0.39, 0.29) is 35.0 Å². The molecular weight excluding hydrogens is 546 g/mol. The number of hydrogen-bond acceptors (Lipinski definition) is 8. The number of dihydropyridines is 1. The Bertz CT molecular complexity index is 1390. The molecule has 1 fully saturated rings. The Morgan fingerprint density at radius 2 is 1.65 bits per heavy atom. The van der Waals surface area contributed by atoms with E-state index in [9.17, 15) is 19.7 Å². The molecule has 2 aromatic carbocycles. The van der Waals surface area contributed by atoms with Crippen LogP contribution in [0, 0.1) is 15.5 Å². The lowest BCUT2D eigenvalue weighted by Gasteiger charge is -2.40. The zero-order chi connectivity index (χ0) is 31.1. The van der Waals surface area contributed by atoms with Crippen LogP contribution in [-0.2, 0) is 25.6 Å². The monoisotopic (exact) mass is 589 g/mol. The second kappa shape index (κ2) is 14.0. The fourth-order valence-corrected chi connectivity index (χ4v) is 6.43. The van der Waals surface area contributed by atoms with Crippen molar-refractivity contribution in [3.05, 3.63) is 98.4 Å². The van der Waals surface area contributed by atoms with Crippen LogP contribution < -0.4 is 5.32 Å². The summed E-state index contributed by atoms with van der Waals surface area (Å²) in [6.07, 6.45) is 4.82. The minimum Gasteiger partial charge on any atom is -0.462 e. The van der Waals surface area contributed by atoms with Crippen molar-refractivity contribution in [2.45, 2.75) is 78.4 Å². The average Bonchev–Trinajstić information content (AvgIpc) is 2.96. The third-order valence-corrected chi connectivity index (χ3v) is 8.28. The maximum absolute atomic E-state index is 14.0. The first-order valence-electron chi connectivity index (χ1n) is 15.0. The Morgan fingerprint density at radius 1 is 1.00 bits per heavy atom. The Balaban J connectivity index is 1.63. The normalized spacial score (nSPS) is 18.4. The van der Waals surface area contributed by atoms with Gasteiger partial charge in [-0.2, -0.15) is 0 Å².